The van der Waals surface area contributed by atoms with Crippen LogP contribution in [0.3, 0.4) is 0 Å². The van der Waals surface area contributed by atoms with Gasteiger partial charge in [-0.3, -0.25) is 0 Å². The molecule has 2 saturated heterocycles. The van der Waals surface area contributed by atoms with Crippen LogP contribution in [0.15, 0.2) is 12.7 Å². The number of unbranched alkanes of at least 4 members (excludes halogenated alkanes) is 3. The fraction of sp³-hybridized carbons (Fsp3) is 0.857. The maximum atomic E-state index is 5.73. The van der Waals surface area contributed by atoms with Gasteiger partial charge in [0.05, 0.1) is 13.2 Å². The van der Waals surface area contributed by atoms with Crippen LogP contribution in [0, 0.1) is 0 Å². The summed E-state index contributed by atoms with van der Waals surface area (Å²) in [6.07, 6.45) is 9.17. The summed E-state index contributed by atoms with van der Waals surface area (Å²) in [6.45, 7) is 8.79. The van der Waals surface area contributed by atoms with Gasteiger partial charge in [0.15, 0.2) is 5.79 Å². The van der Waals surface area contributed by atoms with Crippen molar-refractivity contribution in [2.45, 2.75) is 44.3 Å². The summed E-state index contributed by atoms with van der Waals surface area (Å²) in [5, 5.41) is 0. The van der Waals surface area contributed by atoms with Gasteiger partial charge in [-0.2, -0.15) is 0 Å². The fourth-order valence-electron chi connectivity index (χ4n) is 2.70. The van der Waals surface area contributed by atoms with Crippen molar-refractivity contribution in [3.8, 4) is 0 Å². The Labute approximate surface area is 105 Å². The number of hydrogen-bond acceptors (Lipinski definition) is 3. The van der Waals surface area contributed by atoms with E-state index in [1.807, 2.05) is 6.08 Å². The third-order valence-electron chi connectivity index (χ3n) is 3.81. The highest BCUT2D eigenvalue weighted by Gasteiger charge is 2.39. The van der Waals surface area contributed by atoms with Gasteiger partial charge in [-0.05, 0) is 25.8 Å². The molecule has 0 amide bonds. The number of nitrogens with zero attached hydrogens (tertiary/aromatic N) is 1. The van der Waals surface area contributed by atoms with Gasteiger partial charge in [0.1, 0.15) is 0 Å². The molecule has 0 bridgehead atoms. The Morgan fingerprint density at radius 3 is 2.41 bits per heavy atom. The molecule has 1 spiro atoms. The highest BCUT2D eigenvalue weighted by atomic mass is 16.7. The Morgan fingerprint density at radius 1 is 1.06 bits per heavy atom. The van der Waals surface area contributed by atoms with Crippen LogP contribution in [0.2, 0.25) is 0 Å². The number of hydrogen-bond donors (Lipinski definition) is 0. The van der Waals surface area contributed by atoms with Gasteiger partial charge in [-0.15, -0.1) is 6.58 Å². The minimum atomic E-state index is -0.209. The molecule has 0 N–H and O–H groups in total. The number of likely N-dealkylation sites (tertiary alicyclic amines) is 1. The third-order valence-corrected chi connectivity index (χ3v) is 3.81. The van der Waals surface area contributed by atoms with Crippen molar-refractivity contribution in [2.75, 3.05) is 32.8 Å². The van der Waals surface area contributed by atoms with Crippen LogP contribution < -0.4 is 0 Å². The van der Waals surface area contributed by atoms with E-state index >= 15 is 0 Å². The van der Waals surface area contributed by atoms with Gasteiger partial charge >= 0.3 is 0 Å². The molecular weight excluding hydrogens is 214 g/mol. The molecule has 0 aliphatic carbocycles. The van der Waals surface area contributed by atoms with E-state index in [-0.39, 0.29) is 5.79 Å². The molecule has 0 unspecified atom stereocenters. The van der Waals surface area contributed by atoms with Gasteiger partial charge in [-0.1, -0.05) is 12.5 Å². The van der Waals surface area contributed by atoms with Crippen LogP contribution in [-0.4, -0.2) is 43.5 Å². The van der Waals surface area contributed by atoms with Crippen LogP contribution in [0.5, 0.6) is 0 Å². The summed E-state index contributed by atoms with van der Waals surface area (Å²) < 4.78 is 11.5. The average molecular weight is 239 g/mol. The summed E-state index contributed by atoms with van der Waals surface area (Å²) in [5.74, 6) is -0.209. The van der Waals surface area contributed by atoms with Crippen molar-refractivity contribution in [1.82, 2.24) is 4.90 Å². The first kappa shape index (κ1) is 13.1. The minimum absolute atomic E-state index is 0.209. The van der Waals surface area contributed by atoms with Crippen molar-refractivity contribution >= 4 is 0 Å². The molecule has 2 aliphatic heterocycles. The van der Waals surface area contributed by atoms with Crippen molar-refractivity contribution in [2.24, 2.45) is 0 Å². The lowest BCUT2D eigenvalue weighted by molar-refractivity contribution is -0.185. The second-order valence-electron chi connectivity index (χ2n) is 5.09. The summed E-state index contributed by atoms with van der Waals surface area (Å²) in [6, 6.07) is 0. The highest BCUT2D eigenvalue weighted by molar-refractivity contribution is 4.82. The van der Waals surface area contributed by atoms with Gasteiger partial charge in [0, 0.05) is 25.9 Å². The zero-order chi connectivity index (χ0) is 12.0. The standard InChI is InChI=1S/C14H25NO2/c1-2-3-4-5-6-9-15-10-7-14(8-11-15)16-12-13-17-14/h2H,1,3-13H2. The van der Waals surface area contributed by atoms with E-state index < -0.39 is 0 Å². The second kappa shape index (κ2) is 6.53. The van der Waals surface area contributed by atoms with Crippen molar-refractivity contribution in [3.05, 3.63) is 12.7 Å². The summed E-state index contributed by atoms with van der Waals surface area (Å²) in [5.41, 5.74) is 0. The molecule has 2 aliphatic rings. The molecule has 0 atom stereocenters. The Hall–Kier alpha value is -0.380. The maximum absolute atomic E-state index is 5.73. The average Bonchev–Trinajstić information content (AvgIpc) is 2.80. The Balaban J connectivity index is 1.57. The van der Waals surface area contributed by atoms with E-state index in [4.69, 9.17) is 9.47 Å². The number of piperidine rings is 1. The number of allylic oxidation sites excluding steroid dienone is 1. The van der Waals surface area contributed by atoms with E-state index in [1.54, 1.807) is 0 Å². The predicted molar refractivity (Wildman–Crippen MR) is 69.0 cm³/mol. The monoisotopic (exact) mass is 239 g/mol. The smallest absolute Gasteiger partial charge is 0.170 e. The van der Waals surface area contributed by atoms with Crippen LogP contribution in [-0.2, 0) is 9.47 Å². The zero-order valence-electron chi connectivity index (χ0n) is 10.8. The zero-order valence-corrected chi connectivity index (χ0v) is 10.8. The van der Waals surface area contributed by atoms with Crippen molar-refractivity contribution < 1.29 is 9.47 Å². The highest BCUT2D eigenvalue weighted by Crippen LogP contribution is 2.31. The maximum Gasteiger partial charge on any atom is 0.170 e. The van der Waals surface area contributed by atoms with E-state index in [1.165, 1.54) is 25.8 Å². The summed E-state index contributed by atoms with van der Waals surface area (Å²) in [4.78, 5) is 2.55. The molecular formula is C14H25NO2. The fourth-order valence-corrected chi connectivity index (χ4v) is 2.70. The first-order chi connectivity index (χ1) is 8.35. The molecule has 2 heterocycles. The largest absolute Gasteiger partial charge is 0.347 e. The number of ether oxygens (including phenoxy) is 2. The molecule has 3 nitrogen and oxygen atoms in total. The first-order valence-corrected chi connectivity index (χ1v) is 6.96. The van der Waals surface area contributed by atoms with Crippen LogP contribution in [0.1, 0.15) is 38.5 Å². The van der Waals surface area contributed by atoms with Crippen LogP contribution in [0.4, 0.5) is 0 Å². The topological polar surface area (TPSA) is 21.7 Å². The van der Waals surface area contributed by atoms with Gasteiger partial charge < -0.3 is 14.4 Å². The first-order valence-electron chi connectivity index (χ1n) is 6.96. The molecule has 0 aromatic heterocycles. The Morgan fingerprint density at radius 2 is 1.76 bits per heavy atom. The minimum Gasteiger partial charge on any atom is -0.347 e. The summed E-state index contributed by atoms with van der Waals surface area (Å²) >= 11 is 0. The molecule has 2 fully saturated rings. The lowest BCUT2D eigenvalue weighted by Crippen LogP contribution is -2.45. The molecule has 98 valence electrons. The molecule has 17 heavy (non-hydrogen) atoms. The SMILES string of the molecule is C=CCCCCCN1CCC2(CC1)OCCO2. The summed E-state index contributed by atoms with van der Waals surface area (Å²) in [7, 11) is 0. The molecule has 2 rings (SSSR count). The quantitative estimate of drug-likeness (QED) is 0.525. The molecule has 0 aromatic rings. The second-order valence-corrected chi connectivity index (χ2v) is 5.09. The van der Waals surface area contributed by atoms with E-state index in [0.29, 0.717) is 0 Å². The lowest BCUT2D eigenvalue weighted by Gasteiger charge is -2.37. The van der Waals surface area contributed by atoms with Gasteiger partial charge in [-0.25, -0.2) is 0 Å². The van der Waals surface area contributed by atoms with Crippen molar-refractivity contribution in [1.29, 1.82) is 0 Å². The van der Waals surface area contributed by atoms with Gasteiger partial charge in [0.2, 0.25) is 0 Å². The number of rotatable bonds is 6. The van der Waals surface area contributed by atoms with Gasteiger partial charge in [0.25, 0.3) is 0 Å². The van der Waals surface area contributed by atoms with E-state index in [0.717, 1.165) is 45.6 Å². The molecule has 0 radical (unpaired) electrons. The van der Waals surface area contributed by atoms with Crippen LogP contribution >= 0.6 is 0 Å². The van der Waals surface area contributed by atoms with E-state index in [9.17, 15) is 0 Å². The lowest BCUT2D eigenvalue weighted by atomic mass is 10.0. The van der Waals surface area contributed by atoms with Crippen LogP contribution in [0.25, 0.3) is 0 Å². The molecule has 0 saturated carbocycles. The predicted octanol–water partition coefficient (Wildman–Crippen LogP) is 2.57. The third kappa shape index (κ3) is 3.80. The normalized spacial score (nSPS) is 24.2. The Kier molecular flexibility index (Phi) is 5.01. The van der Waals surface area contributed by atoms with Crippen molar-refractivity contribution in [3.63, 3.8) is 0 Å². The Bertz CT molecular complexity index is 226. The molecule has 0 aromatic carbocycles. The van der Waals surface area contributed by atoms with E-state index in [2.05, 4.69) is 11.5 Å². The molecule has 3 heteroatoms.